The number of para-hydroxylation sites is 1. The van der Waals surface area contributed by atoms with Crippen LogP contribution < -0.4 is 20.3 Å². The second kappa shape index (κ2) is 12.2. The van der Waals surface area contributed by atoms with Crippen molar-refractivity contribution in [1.29, 1.82) is 0 Å². The van der Waals surface area contributed by atoms with Crippen LogP contribution >= 0.6 is 15.9 Å². The van der Waals surface area contributed by atoms with Gasteiger partial charge in [0.25, 0.3) is 11.8 Å². The first kappa shape index (κ1) is 23.7. The summed E-state index contributed by atoms with van der Waals surface area (Å²) in [6.07, 6.45) is 2.86. The number of rotatable bonds is 10. The summed E-state index contributed by atoms with van der Waals surface area (Å²) >= 11 is 3.36. The highest BCUT2D eigenvalue weighted by Crippen LogP contribution is 2.28. The summed E-state index contributed by atoms with van der Waals surface area (Å²) in [5.41, 5.74) is 6.21. The molecule has 2 aromatic carbocycles. The minimum atomic E-state index is -0.462. The fourth-order valence-electron chi connectivity index (χ4n) is 2.74. The van der Waals surface area contributed by atoms with E-state index in [1.54, 1.807) is 18.2 Å². The number of hydrazine groups is 1. The van der Waals surface area contributed by atoms with Gasteiger partial charge in [0, 0.05) is 4.47 Å². The van der Waals surface area contributed by atoms with Gasteiger partial charge in [-0.05, 0) is 48.6 Å². The zero-order valence-corrected chi connectivity index (χ0v) is 19.3. The van der Waals surface area contributed by atoms with Crippen LogP contribution in [0.25, 0.3) is 0 Å². The molecule has 7 heteroatoms. The van der Waals surface area contributed by atoms with E-state index in [0.717, 1.165) is 29.3 Å². The summed E-state index contributed by atoms with van der Waals surface area (Å²) in [7, 11) is 0. The number of ether oxygens (including phenoxy) is 2. The van der Waals surface area contributed by atoms with E-state index in [9.17, 15) is 9.59 Å². The number of benzene rings is 2. The fraction of sp³-hybridized carbons (Fsp3) is 0.391. The van der Waals surface area contributed by atoms with E-state index >= 15 is 0 Å². The van der Waals surface area contributed by atoms with Crippen LogP contribution in [0.3, 0.4) is 0 Å². The zero-order valence-electron chi connectivity index (χ0n) is 17.7. The van der Waals surface area contributed by atoms with Crippen molar-refractivity contribution in [1.82, 2.24) is 10.9 Å². The first-order valence-corrected chi connectivity index (χ1v) is 11.0. The number of unbranched alkanes of at least 4 members (excludes halogenated alkanes) is 1. The van der Waals surface area contributed by atoms with E-state index in [-0.39, 0.29) is 6.61 Å². The molecule has 0 aliphatic carbocycles. The van der Waals surface area contributed by atoms with Gasteiger partial charge in [-0.1, -0.05) is 61.3 Å². The van der Waals surface area contributed by atoms with Gasteiger partial charge in [0.2, 0.25) is 0 Å². The Morgan fingerprint density at radius 3 is 2.53 bits per heavy atom. The van der Waals surface area contributed by atoms with Crippen LogP contribution in [0.2, 0.25) is 0 Å². The van der Waals surface area contributed by atoms with Crippen molar-refractivity contribution in [3.05, 3.63) is 58.1 Å². The van der Waals surface area contributed by atoms with E-state index in [1.807, 2.05) is 24.3 Å². The summed E-state index contributed by atoms with van der Waals surface area (Å²) in [6, 6.07) is 12.8. The molecule has 2 rings (SSSR count). The average molecular weight is 477 g/mol. The van der Waals surface area contributed by atoms with Crippen molar-refractivity contribution >= 4 is 27.7 Å². The van der Waals surface area contributed by atoms with Crippen LogP contribution in [0.1, 0.15) is 61.9 Å². The van der Waals surface area contributed by atoms with Crippen LogP contribution in [0, 0.1) is 0 Å². The van der Waals surface area contributed by atoms with E-state index in [2.05, 4.69) is 47.6 Å². The molecule has 1 unspecified atom stereocenters. The Balaban J connectivity index is 1.93. The molecule has 0 heterocycles. The summed E-state index contributed by atoms with van der Waals surface area (Å²) in [4.78, 5) is 24.7. The fourth-order valence-corrected chi connectivity index (χ4v) is 3.11. The molecule has 0 saturated heterocycles. The highest BCUT2D eigenvalue weighted by Gasteiger charge is 2.15. The number of hydrogen-bond donors (Lipinski definition) is 2. The third-order valence-electron chi connectivity index (χ3n) is 4.68. The second-order valence-corrected chi connectivity index (χ2v) is 7.90. The Morgan fingerprint density at radius 2 is 1.80 bits per heavy atom. The molecule has 0 bridgehead atoms. The van der Waals surface area contributed by atoms with Gasteiger partial charge in [-0.3, -0.25) is 20.4 Å². The van der Waals surface area contributed by atoms with Gasteiger partial charge >= 0.3 is 0 Å². The number of carbonyl (C=O) groups excluding carboxylic acids is 2. The first-order chi connectivity index (χ1) is 14.5. The second-order valence-electron chi connectivity index (χ2n) is 6.98. The lowest BCUT2D eigenvalue weighted by molar-refractivity contribution is -0.123. The number of nitrogens with one attached hydrogen (secondary N) is 2. The molecule has 30 heavy (non-hydrogen) atoms. The Hall–Kier alpha value is -2.54. The Labute approximate surface area is 186 Å². The summed E-state index contributed by atoms with van der Waals surface area (Å²) < 4.78 is 12.1. The van der Waals surface area contributed by atoms with Gasteiger partial charge in [0.15, 0.2) is 6.61 Å². The maximum Gasteiger partial charge on any atom is 0.276 e. The summed E-state index contributed by atoms with van der Waals surface area (Å²) in [6.45, 7) is 6.60. The molecule has 0 aliphatic rings. The van der Waals surface area contributed by atoms with Crippen LogP contribution in [0.5, 0.6) is 11.5 Å². The van der Waals surface area contributed by atoms with Crippen LogP contribution in [-0.2, 0) is 4.79 Å². The molecule has 2 aromatic rings. The number of hydrogen-bond acceptors (Lipinski definition) is 4. The lowest BCUT2D eigenvalue weighted by Gasteiger charge is -2.16. The molecule has 162 valence electrons. The minimum absolute atomic E-state index is 0.202. The number of amides is 2. The molecule has 2 N–H and O–H groups in total. The van der Waals surface area contributed by atoms with Gasteiger partial charge < -0.3 is 9.47 Å². The average Bonchev–Trinajstić information content (AvgIpc) is 2.76. The molecular formula is C23H29BrN2O4. The van der Waals surface area contributed by atoms with Crippen LogP contribution in [-0.4, -0.2) is 25.0 Å². The SMILES string of the molecule is CCCCOc1ccc(Br)cc1C(=O)NNC(=O)COc1ccccc1C(C)CC. The monoisotopic (exact) mass is 476 g/mol. The lowest BCUT2D eigenvalue weighted by Crippen LogP contribution is -2.44. The zero-order chi connectivity index (χ0) is 21.9. The van der Waals surface area contributed by atoms with E-state index in [1.165, 1.54) is 0 Å². The predicted molar refractivity (Wildman–Crippen MR) is 121 cm³/mol. The smallest absolute Gasteiger partial charge is 0.276 e. The topological polar surface area (TPSA) is 76.7 Å². The molecule has 1 atom stereocenters. The largest absolute Gasteiger partial charge is 0.493 e. The summed E-state index contributed by atoms with van der Waals surface area (Å²) in [5, 5.41) is 0. The molecule has 0 aromatic heterocycles. The van der Waals surface area contributed by atoms with Crippen LogP contribution in [0.4, 0.5) is 0 Å². The molecule has 0 radical (unpaired) electrons. The summed E-state index contributed by atoms with van der Waals surface area (Å²) in [5.74, 6) is 0.553. The highest BCUT2D eigenvalue weighted by molar-refractivity contribution is 9.10. The molecule has 0 aliphatic heterocycles. The molecule has 0 saturated carbocycles. The molecule has 6 nitrogen and oxygen atoms in total. The highest BCUT2D eigenvalue weighted by atomic mass is 79.9. The third-order valence-corrected chi connectivity index (χ3v) is 5.17. The molecule has 0 spiro atoms. The maximum atomic E-state index is 12.5. The van der Waals surface area contributed by atoms with Crippen molar-refractivity contribution in [3.8, 4) is 11.5 Å². The lowest BCUT2D eigenvalue weighted by atomic mass is 9.98. The van der Waals surface area contributed by atoms with Crippen molar-refractivity contribution < 1.29 is 19.1 Å². The van der Waals surface area contributed by atoms with Gasteiger partial charge in [-0.15, -0.1) is 0 Å². The van der Waals surface area contributed by atoms with Crippen LogP contribution in [0.15, 0.2) is 46.9 Å². The van der Waals surface area contributed by atoms with Gasteiger partial charge in [0.1, 0.15) is 11.5 Å². The van der Waals surface area contributed by atoms with E-state index in [4.69, 9.17) is 9.47 Å². The third kappa shape index (κ3) is 7.06. The van der Waals surface area contributed by atoms with Crippen molar-refractivity contribution in [2.24, 2.45) is 0 Å². The molecule has 0 fully saturated rings. The van der Waals surface area contributed by atoms with Gasteiger partial charge in [-0.2, -0.15) is 0 Å². The Morgan fingerprint density at radius 1 is 1.03 bits per heavy atom. The number of halogens is 1. The first-order valence-electron chi connectivity index (χ1n) is 10.2. The molecule has 2 amide bonds. The maximum absolute atomic E-state index is 12.5. The van der Waals surface area contributed by atoms with E-state index in [0.29, 0.717) is 29.6 Å². The number of carbonyl (C=O) groups is 2. The normalized spacial score (nSPS) is 11.5. The minimum Gasteiger partial charge on any atom is -0.493 e. The Bertz CT molecular complexity index is 857. The van der Waals surface area contributed by atoms with Crippen molar-refractivity contribution in [2.45, 2.75) is 46.0 Å². The quantitative estimate of drug-likeness (QED) is 0.374. The Kier molecular flexibility index (Phi) is 9.67. The van der Waals surface area contributed by atoms with Gasteiger partial charge in [-0.25, -0.2) is 0 Å². The predicted octanol–water partition coefficient (Wildman–Crippen LogP) is 4.98. The van der Waals surface area contributed by atoms with Gasteiger partial charge in [0.05, 0.1) is 12.2 Å². The van der Waals surface area contributed by atoms with Crippen molar-refractivity contribution in [2.75, 3.05) is 13.2 Å². The molecular weight excluding hydrogens is 448 g/mol. The van der Waals surface area contributed by atoms with E-state index < -0.39 is 11.8 Å². The standard InChI is InChI=1S/C23H29BrN2O4/c1-4-6-13-29-21-12-11-17(24)14-19(21)23(28)26-25-22(27)15-30-20-10-8-7-9-18(20)16(3)5-2/h7-12,14,16H,4-6,13,15H2,1-3H3,(H,25,27)(H,26,28). The van der Waals surface area contributed by atoms with Crippen molar-refractivity contribution in [3.63, 3.8) is 0 Å².